The highest BCUT2D eigenvalue weighted by atomic mass is 16.5. The lowest BCUT2D eigenvalue weighted by Gasteiger charge is -2.41. The fourth-order valence-electron chi connectivity index (χ4n) is 4.70. The Kier molecular flexibility index (Phi) is 4.76. The number of hydrogen-bond donors (Lipinski definition) is 0. The number of aromatic nitrogens is 2. The Labute approximate surface area is 144 Å². The van der Waals surface area contributed by atoms with Crippen molar-refractivity contribution in [2.45, 2.75) is 89.3 Å². The van der Waals surface area contributed by atoms with Gasteiger partial charge in [-0.2, -0.15) is 5.10 Å². The zero-order valence-electron chi connectivity index (χ0n) is 14.6. The van der Waals surface area contributed by atoms with Crippen molar-refractivity contribution in [3.05, 3.63) is 11.8 Å². The minimum Gasteiger partial charge on any atom is -0.477 e. The van der Waals surface area contributed by atoms with Crippen molar-refractivity contribution < 1.29 is 9.53 Å². The highest BCUT2D eigenvalue weighted by Crippen LogP contribution is 2.33. The molecule has 0 unspecified atom stereocenters. The first-order valence-electron chi connectivity index (χ1n) is 9.86. The van der Waals surface area contributed by atoms with Crippen molar-refractivity contribution in [3.63, 3.8) is 0 Å². The quantitative estimate of drug-likeness (QED) is 0.847. The number of rotatable bonds is 3. The van der Waals surface area contributed by atoms with Gasteiger partial charge in [0.05, 0.1) is 12.8 Å². The van der Waals surface area contributed by atoms with Gasteiger partial charge in [-0.25, -0.2) is 4.68 Å². The standard InChI is InChI=1S/C19H29N3O2/c23-18(17-14-20-21-12-7-13-24-19(17)21)22(15-8-3-1-4-9-15)16-10-5-2-6-11-16/h14-16H,1-13H2. The smallest absolute Gasteiger partial charge is 0.261 e. The molecule has 2 fully saturated rings. The van der Waals surface area contributed by atoms with Gasteiger partial charge in [-0.15, -0.1) is 0 Å². The molecule has 0 N–H and O–H groups in total. The molecule has 1 aliphatic heterocycles. The summed E-state index contributed by atoms with van der Waals surface area (Å²) in [5, 5.41) is 4.39. The average molecular weight is 331 g/mol. The Hall–Kier alpha value is -1.52. The van der Waals surface area contributed by atoms with Crippen LogP contribution >= 0.6 is 0 Å². The lowest BCUT2D eigenvalue weighted by Crippen LogP contribution is -2.48. The van der Waals surface area contributed by atoms with Crippen LogP contribution < -0.4 is 4.74 Å². The van der Waals surface area contributed by atoms with E-state index in [4.69, 9.17) is 4.74 Å². The van der Waals surface area contributed by atoms with Crippen LogP contribution in [0.15, 0.2) is 6.20 Å². The molecule has 5 heteroatoms. The predicted molar refractivity (Wildman–Crippen MR) is 92.3 cm³/mol. The number of hydrogen-bond acceptors (Lipinski definition) is 3. The third kappa shape index (κ3) is 3.05. The van der Waals surface area contributed by atoms with Crippen LogP contribution in [0.3, 0.4) is 0 Å². The van der Waals surface area contributed by atoms with E-state index in [0.717, 1.165) is 38.6 Å². The molecular weight excluding hydrogens is 302 g/mol. The first kappa shape index (κ1) is 16.0. The molecule has 1 amide bonds. The Morgan fingerprint density at radius 2 is 1.62 bits per heavy atom. The van der Waals surface area contributed by atoms with Crippen molar-refractivity contribution >= 4 is 5.91 Å². The molecule has 1 aromatic rings. The molecule has 132 valence electrons. The van der Waals surface area contributed by atoms with E-state index in [1.807, 2.05) is 4.68 Å². The zero-order chi connectivity index (χ0) is 16.4. The summed E-state index contributed by atoms with van der Waals surface area (Å²) in [5.74, 6) is 0.861. The highest BCUT2D eigenvalue weighted by Gasteiger charge is 2.35. The van der Waals surface area contributed by atoms with E-state index in [0.29, 0.717) is 30.1 Å². The molecule has 2 heterocycles. The summed E-state index contributed by atoms with van der Waals surface area (Å²) >= 11 is 0. The van der Waals surface area contributed by atoms with Crippen LogP contribution in [0, 0.1) is 0 Å². The second-order valence-electron chi connectivity index (χ2n) is 7.58. The largest absolute Gasteiger partial charge is 0.477 e. The van der Waals surface area contributed by atoms with Crippen LogP contribution in [0.5, 0.6) is 5.88 Å². The summed E-state index contributed by atoms with van der Waals surface area (Å²) in [6.45, 7) is 1.55. The van der Waals surface area contributed by atoms with Crippen LogP contribution in [-0.4, -0.2) is 39.3 Å². The number of nitrogens with zero attached hydrogens (tertiary/aromatic N) is 3. The van der Waals surface area contributed by atoms with Crippen LogP contribution in [0.1, 0.15) is 81.0 Å². The minimum absolute atomic E-state index is 0.164. The lowest BCUT2D eigenvalue weighted by atomic mass is 9.88. The molecule has 0 aromatic carbocycles. The molecule has 2 aliphatic carbocycles. The summed E-state index contributed by atoms with van der Waals surface area (Å²) in [4.78, 5) is 15.7. The van der Waals surface area contributed by atoms with E-state index in [2.05, 4.69) is 10.00 Å². The van der Waals surface area contributed by atoms with Crippen LogP contribution in [0.25, 0.3) is 0 Å². The second kappa shape index (κ2) is 7.16. The van der Waals surface area contributed by atoms with Crippen molar-refractivity contribution in [1.82, 2.24) is 14.7 Å². The summed E-state index contributed by atoms with van der Waals surface area (Å²) < 4.78 is 7.65. The summed E-state index contributed by atoms with van der Waals surface area (Å²) in [7, 11) is 0. The topological polar surface area (TPSA) is 47.4 Å². The van der Waals surface area contributed by atoms with Gasteiger partial charge in [0.2, 0.25) is 5.88 Å². The molecule has 0 atom stereocenters. The third-order valence-corrected chi connectivity index (χ3v) is 5.95. The highest BCUT2D eigenvalue weighted by molar-refractivity contribution is 5.96. The van der Waals surface area contributed by atoms with Gasteiger partial charge in [0.15, 0.2) is 0 Å². The number of aryl methyl sites for hydroxylation is 1. The van der Waals surface area contributed by atoms with Crippen molar-refractivity contribution in [3.8, 4) is 5.88 Å². The SMILES string of the molecule is O=C(c1cnn2c1OCCC2)N(C1CCCCC1)C1CCCCC1. The average Bonchev–Trinajstić information content (AvgIpc) is 3.08. The van der Waals surface area contributed by atoms with Crippen molar-refractivity contribution in [2.75, 3.05) is 6.61 Å². The molecule has 0 spiro atoms. The number of carbonyl (C=O) groups excluding carboxylic acids is 1. The van der Waals surface area contributed by atoms with Crippen molar-refractivity contribution in [1.29, 1.82) is 0 Å². The fourth-order valence-corrected chi connectivity index (χ4v) is 4.70. The van der Waals surface area contributed by atoms with Crippen molar-refractivity contribution in [2.24, 2.45) is 0 Å². The van der Waals surface area contributed by atoms with Crippen LogP contribution in [0.4, 0.5) is 0 Å². The van der Waals surface area contributed by atoms with E-state index in [1.54, 1.807) is 6.20 Å². The number of fused-ring (bicyclic) bond motifs is 1. The van der Waals surface area contributed by atoms with Gasteiger partial charge in [0, 0.05) is 25.0 Å². The monoisotopic (exact) mass is 331 g/mol. The minimum atomic E-state index is 0.164. The number of amides is 1. The Bertz CT molecular complexity index is 553. The van der Waals surface area contributed by atoms with E-state index in [9.17, 15) is 4.79 Å². The first-order chi connectivity index (χ1) is 11.8. The van der Waals surface area contributed by atoms with Gasteiger partial charge in [-0.05, 0) is 25.7 Å². The van der Waals surface area contributed by atoms with Gasteiger partial charge < -0.3 is 9.64 Å². The van der Waals surface area contributed by atoms with Gasteiger partial charge in [-0.1, -0.05) is 38.5 Å². The molecule has 0 radical (unpaired) electrons. The molecule has 3 aliphatic rings. The van der Waals surface area contributed by atoms with E-state index >= 15 is 0 Å². The Balaban J connectivity index is 1.61. The predicted octanol–water partition coefficient (Wildman–Crippen LogP) is 3.77. The zero-order valence-corrected chi connectivity index (χ0v) is 14.6. The first-order valence-corrected chi connectivity index (χ1v) is 9.86. The van der Waals surface area contributed by atoms with E-state index in [-0.39, 0.29) is 5.91 Å². The van der Waals surface area contributed by atoms with Gasteiger partial charge in [0.25, 0.3) is 5.91 Å². The molecule has 1 aromatic heterocycles. The van der Waals surface area contributed by atoms with Gasteiger partial charge >= 0.3 is 0 Å². The van der Waals surface area contributed by atoms with Crippen LogP contribution in [0.2, 0.25) is 0 Å². The normalized spacial score (nSPS) is 22.7. The number of ether oxygens (including phenoxy) is 1. The third-order valence-electron chi connectivity index (χ3n) is 5.95. The molecule has 5 nitrogen and oxygen atoms in total. The molecule has 2 saturated carbocycles. The van der Waals surface area contributed by atoms with Crippen LogP contribution in [-0.2, 0) is 6.54 Å². The number of carbonyl (C=O) groups is 1. The maximum atomic E-state index is 13.5. The second-order valence-corrected chi connectivity index (χ2v) is 7.58. The molecule has 0 saturated heterocycles. The Morgan fingerprint density at radius 1 is 1.00 bits per heavy atom. The van der Waals surface area contributed by atoms with E-state index < -0.39 is 0 Å². The summed E-state index contributed by atoms with van der Waals surface area (Å²) in [5.41, 5.74) is 0.686. The van der Waals surface area contributed by atoms with E-state index in [1.165, 1.54) is 38.5 Å². The van der Waals surface area contributed by atoms with Gasteiger partial charge in [0.1, 0.15) is 5.56 Å². The summed E-state index contributed by atoms with van der Waals surface area (Å²) in [6.07, 6.45) is 15.0. The summed E-state index contributed by atoms with van der Waals surface area (Å²) in [6, 6.07) is 0.821. The maximum absolute atomic E-state index is 13.5. The Morgan fingerprint density at radius 3 is 2.25 bits per heavy atom. The molecule has 4 rings (SSSR count). The lowest BCUT2D eigenvalue weighted by molar-refractivity contribution is 0.0443. The molecule has 0 bridgehead atoms. The maximum Gasteiger partial charge on any atom is 0.261 e. The fraction of sp³-hybridized carbons (Fsp3) is 0.789. The molecule has 24 heavy (non-hydrogen) atoms. The molecular formula is C19H29N3O2. The van der Waals surface area contributed by atoms with Gasteiger partial charge in [-0.3, -0.25) is 4.79 Å².